The average Bonchev–Trinajstić information content (AvgIpc) is 2.69. The summed E-state index contributed by atoms with van der Waals surface area (Å²) in [5, 5.41) is 5.19. The molecule has 1 aliphatic rings. The van der Waals surface area contributed by atoms with E-state index in [1.807, 2.05) is 0 Å². The standard InChI is InChI=1S/C18H23N5O3S/c19-13-14-8-11-23(12-9-14)27(25,26)16-6-2-1-5-15(16)21-18(24)22-17-7-3-4-10-20-17/h1-7,10,14H,8-9,11-13,19H2,(H2,20,21,22,24). The lowest BCUT2D eigenvalue weighted by atomic mass is 9.99. The van der Waals surface area contributed by atoms with Crippen molar-refractivity contribution in [3.05, 3.63) is 48.7 Å². The van der Waals surface area contributed by atoms with Gasteiger partial charge in [0.2, 0.25) is 10.0 Å². The van der Waals surface area contributed by atoms with Crippen LogP contribution < -0.4 is 16.4 Å². The minimum absolute atomic E-state index is 0.0763. The smallest absolute Gasteiger partial charge is 0.324 e. The van der Waals surface area contributed by atoms with Gasteiger partial charge in [0.25, 0.3) is 0 Å². The van der Waals surface area contributed by atoms with Crippen LogP contribution in [0.15, 0.2) is 53.6 Å². The Labute approximate surface area is 158 Å². The van der Waals surface area contributed by atoms with Gasteiger partial charge in [-0.3, -0.25) is 5.32 Å². The number of urea groups is 1. The Kier molecular flexibility index (Phi) is 6.04. The van der Waals surface area contributed by atoms with Gasteiger partial charge < -0.3 is 11.1 Å². The van der Waals surface area contributed by atoms with E-state index in [0.29, 0.717) is 31.4 Å². The second-order valence-corrected chi connectivity index (χ2v) is 8.28. The van der Waals surface area contributed by atoms with Gasteiger partial charge in [-0.25, -0.2) is 18.2 Å². The molecule has 0 spiro atoms. The molecule has 0 atom stereocenters. The first kappa shape index (κ1) is 19.3. The highest BCUT2D eigenvalue weighted by molar-refractivity contribution is 7.89. The molecule has 1 aromatic carbocycles. The van der Waals surface area contributed by atoms with E-state index >= 15 is 0 Å². The van der Waals surface area contributed by atoms with Gasteiger partial charge in [0.1, 0.15) is 10.7 Å². The number of pyridine rings is 1. The van der Waals surface area contributed by atoms with Gasteiger partial charge in [0.05, 0.1) is 5.69 Å². The summed E-state index contributed by atoms with van der Waals surface area (Å²) in [4.78, 5) is 16.3. The molecule has 1 fully saturated rings. The number of nitrogens with two attached hydrogens (primary N) is 1. The number of aromatic nitrogens is 1. The maximum Gasteiger partial charge on any atom is 0.324 e. The maximum atomic E-state index is 13.1. The molecule has 0 radical (unpaired) electrons. The molecule has 27 heavy (non-hydrogen) atoms. The van der Waals surface area contributed by atoms with Gasteiger partial charge in [0, 0.05) is 19.3 Å². The SMILES string of the molecule is NCC1CCN(S(=O)(=O)c2ccccc2NC(=O)Nc2ccccn2)CC1. The highest BCUT2D eigenvalue weighted by Gasteiger charge is 2.30. The molecule has 0 aliphatic carbocycles. The van der Waals surface area contributed by atoms with Crippen molar-refractivity contribution in [3.63, 3.8) is 0 Å². The molecule has 0 unspecified atom stereocenters. The van der Waals surface area contributed by atoms with Crippen LogP contribution in [0.25, 0.3) is 0 Å². The monoisotopic (exact) mass is 389 g/mol. The number of piperidine rings is 1. The number of nitrogens with one attached hydrogen (secondary N) is 2. The van der Waals surface area contributed by atoms with Crippen LogP contribution in [0, 0.1) is 5.92 Å². The summed E-state index contributed by atoms with van der Waals surface area (Å²) < 4.78 is 27.6. The number of carbonyl (C=O) groups is 1. The zero-order valence-electron chi connectivity index (χ0n) is 14.8. The third-order valence-corrected chi connectivity index (χ3v) is 6.52. The number of sulfonamides is 1. The molecule has 3 rings (SSSR count). The Hall–Kier alpha value is -2.49. The van der Waals surface area contributed by atoms with Crippen LogP contribution >= 0.6 is 0 Å². The Morgan fingerprint density at radius 3 is 2.48 bits per heavy atom. The molecule has 2 aromatic rings. The highest BCUT2D eigenvalue weighted by Crippen LogP contribution is 2.28. The van der Waals surface area contributed by atoms with E-state index in [1.165, 1.54) is 10.4 Å². The van der Waals surface area contributed by atoms with Crippen molar-refractivity contribution in [2.75, 3.05) is 30.3 Å². The summed E-state index contributed by atoms with van der Waals surface area (Å²) >= 11 is 0. The number of rotatable bonds is 5. The first-order chi connectivity index (χ1) is 13.0. The van der Waals surface area contributed by atoms with Crippen molar-refractivity contribution >= 4 is 27.6 Å². The van der Waals surface area contributed by atoms with E-state index in [1.54, 1.807) is 42.6 Å². The highest BCUT2D eigenvalue weighted by atomic mass is 32.2. The molecule has 0 bridgehead atoms. The summed E-state index contributed by atoms with van der Waals surface area (Å²) in [6.45, 7) is 1.43. The van der Waals surface area contributed by atoms with E-state index in [9.17, 15) is 13.2 Å². The van der Waals surface area contributed by atoms with E-state index < -0.39 is 16.1 Å². The quantitative estimate of drug-likeness (QED) is 0.724. The fraction of sp³-hybridized carbons (Fsp3) is 0.333. The van der Waals surface area contributed by atoms with Crippen molar-refractivity contribution in [1.82, 2.24) is 9.29 Å². The normalized spacial score (nSPS) is 16.0. The Bertz CT molecular complexity index is 881. The summed E-state index contributed by atoms with van der Waals surface area (Å²) in [7, 11) is -3.71. The molecule has 2 amide bonds. The lowest BCUT2D eigenvalue weighted by Gasteiger charge is -2.31. The number of amides is 2. The maximum absolute atomic E-state index is 13.1. The van der Waals surface area contributed by atoms with Crippen molar-refractivity contribution in [1.29, 1.82) is 0 Å². The van der Waals surface area contributed by atoms with Gasteiger partial charge in [-0.2, -0.15) is 4.31 Å². The van der Waals surface area contributed by atoms with E-state index in [-0.39, 0.29) is 10.6 Å². The molecule has 1 aliphatic heterocycles. The van der Waals surface area contributed by atoms with Crippen LogP contribution in [0.4, 0.5) is 16.3 Å². The second-order valence-electron chi connectivity index (χ2n) is 6.37. The van der Waals surface area contributed by atoms with Crippen molar-refractivity contribution in [2.45, 2.75) is 17.7 Å². The minimum atomic E-state index is -3.71. The van der Waals surface area contributed by atoms with Crippen molar-refractivity contribution in [2.24, 2.45) is 11.7 Å². The van der Waals surface area contributed by atoms with Gasteiger partial charge in [0.15, 0.2) is 0 Å². The summed E-state index contributed by atoms with van der Waals surface area (Å²) in [5.41, 5.74) is 5.91. The topological polar surface area (TPSA) is 117 Å². The zero-order valence-corrected chi connectivity index (χ0v) is 15.7. The van der Waals surface area contributed by atoms with E-state index in [2.05, 4.69) is 15.6 Å². The van der Waals surface area contributed by atoms with Gasteiger partial charge in [-0.15, -0.1) is 0 Å². The van der Waals surface area contributed by atoms with Crippen LogP contribution in [0.1, 0.15) is 12.8 Å². The van der Waals surface area contributed by atoms with E-state index in [4.69, 9.17) is 5.73 Å². The molecule has 1 saturated heterocycles. The summed E-state index contributed by atoms with van der Waals surface area (Å²) in [5.74, 6) is 0.730. The number of hydrogen-bond acceptors (Lipinski definition) is 5. The number of para-hydroxylation sites is 1. The molecule has 0 saturated carbocycles. The van der Waals surface area contributed by atoms with Gasteiger partial charge in [-0.1, -0.05) is 18.2 Å². The van der Waals surface area contributed by atoms with Crippen molar-refractivity contribution in [3.8, 4) is 0 Å². The predicted octanol–water partition coefficient (Wildman–Crippen LogP) is 2.08. The number of nitrogens with zero attached hydrogens (tertiary/aromatic N) is 2. The van der Waals surface area contributed by atoms with Gasteiger partial charge in [-0.05, 0) is 49.6 Å². The van der Waals surface area contributed by atoms with Gasteiger partial charge >= 0.3 is 6.03 Å². The second kappa shape index (κ2) is 8.47. The molecule has 4 N–H and O–H groups in total. The fourth-order valence-corrected chi connectivity index (χ4v) is 4.64. The summed E-state index contributed by atoms with van der Waals surface area (Å²) in [6, 6.07) is 10.9. The first-order valence-electron chi connectivity index (χ1n) is 8.79. The molecular formula is C18H23N5O3S. The number of anilines is 2. The Morgan fingerprint density at radius 1 is 1.11 bits per heavy atom. The molecule has 144 valence electrons. The van der Waals surface area contributed by atoms with Crippen LogP contribution in [0.3, 0.4) is 0 Å². The number of hydrogen-bond donors (Lipinski definition) is 3. The molecule has 1 aromatic heterocycles. The predicted molar refractivity (Wildman–Crippen MR) is 104 cm³/mol. The number of carbonyl (C=O) groups excluding carboxylic acids is 1. The molecular weight excluding hydrogens is 366 g/mol. The zero-order chi connectivity index (χ0) is 19.3. The lowest BCUT2D eigenvalue weighted by molar-refractivity contribution is 0.262. The average molecular weight is 389 g/mol. The Balaban J connectivity index is 1.76. The molecule has 8 nitrogen and oxygen atoms in total. The van der Waals surface area contributed by atoms with Crippen LogP contribution in [-0.2, 0) is 10.0 Å². The third-order valence-electron chi connectivity index (χ3n) is 4.57. The largest absolute Gasteiger partial charge is 0.330 e. The third kappa shape index (κ3) is 4.62. The minimum Gasteiger partial charge on any atom is -0.330 e. The molecule has 2 heterocycles. The fourth-order valence-electron chi connectivity index (χ4n) is 3.03. The van der Waals surface area contributed by atoms with Crippen LogP contribution in [0.2, 0.25) is 0 Å². The molecule has 9 heteroatoms. The summed E-state index contributed by atoms with van der Waals surface area (Å²) in [6.07, 6.45) is 3.04. The lowest BCUT2D eigenvalue weighted by Crippen LogP contribution is -2.40. The van der Waals surface area contributed by atoms with Crippen LogP contribution in [0.5, 0.6) is 0 Å². The number of benzene rings is 1. The van der Waals surface area contributed by atoms with Crippen LogP contribution in [-0.4, -0.2) is 43.4 Å². The first-order valence-corrected chi connectivity index (χ1v) is 10.2. The van der Waals surface area contributed by atoms with E-state index in [0.717, 1.165) is 12.8 Å². The van der Waals surface area contributed by atoms with Crippen molar-refractivity contribution < 1.29 is 13.2 Å². The Morgan fingerprint density at radius 2 is 1.81 bits per heavy atom.